The monoisotopic (exact) mass is 298 g/mol. The van der Waals surface area contributed by atoms with E-state index in [1.54, 1.807) is 18.0 Å². The van der Waals surface area contributed by atoms with Crippen molar-refractivity contribution in [1.82, 2.24) is 15.0 Å². The Hall–Kier alpha value is -2.76. The predicted octanol–water partition coefficient (Wildman–Crippen LogP) is 2.80. The quantitative estimate of drug-likeness (QED) is 0.733. The van der Waals surface area contributed by atoms with E-state index in [9.17, 15) is 0 Å². The second-order valence-corrected chi connectivity index (χ2v) is 4.91. The zero-order valence-corrected chi connectivity index (χ0v) is 12.6. The fourth-order valence-electron chi connectivity index (χ4n) is 2.13. The molecule has 0 aliphatic heterocycles. The van der Waals surface area contributed by atoms with Crippen molar-refractivity contribution in [2.75, 3.05) is 19.5 Å². The van der Waals surface area contributed by atoms with Gasteiger partial charge >= 0.3 is 0 Å². The van der Waals surface area contributed by atoms with Gasteiger partial charge in [-0.1, -0.05) is 6.92 Å². The minimum atomic E-state index is 0.572. The Morgan fingerprint density at radius 1 is 1.09 bits per heavy atom. The zero-order chi connectivity index (χ0) is 15.5. The van der Waals surface area contributed by atoms with Gasteiger partial charge in [-0.05, 0) is 36.8 Å². The van der Waals surface area contributed by atoms with E-state index in [-0.39, 0.29) is 0 Å². The summed E-state index contributed by atoms with van der Waals surface area (Å²) in [5, 5.41) is 8.93. The van der Waals surface area contributed by atoms with Crippen LogP contribution in [0.15, 0.2) is 36.4 Å². The highest BCUT2D eigenvalue weighted by atomic mass is 16.5. The summed E-state index contributed by atoms with van der Waals surface area (Å²) in [6, 6.07) is 11.1. The molecule has 0 atom stereocenters. The van der Waals surface area contributed by atoms with Gasteiger partial charge in [0, 0.05) is 6.07 Å². The Labute approximate surface area is 128 Å². The summed E-state index contributed by atoms with van der Waals surface area (Å²) in [6.07, 6.45) is 0.927. The van der Waals surface area contributed by atoms with Crippen molar-refractivity contribution in [1.29, 1.82) is 0 Å². The number of benzene rings is 2. The molecule has 0 saturated carbocycles. The molecule has 3 rings (SSSR count). The molecule has 2 N–H and O–H groups in total. The lowest BCUT2D eigenvalue weighted by atomic mass is 10.2. The van der Waals surface area contributed by atoms with Gasteiger partial charge < -0.3 is 15.2 Å². The largest absolute Gasteiger partial charge is 0.497 e. The molecule has 0 amide bonds. The SMILES string of the molecule is CCCOc1cc2nn(-c3ccc(OC)cc3)nc2cc1N. The van der Waals surface area contributed by atoms with Gasteiger partial charge in [-0.25, -0.2) is 0 Å². The van der Waals surface area contributed by atoms with Gasteiger partial charge in [-0.3, -0.25) is 0 Å². The summed E-state index contributed by atoms with van der Waals surface area (Å²) >= 11 is 0. The van der Waals surface area contributed by atoms with Crippen LogP contribution in [-0.4, -0.2) is 28.7 Å². The third-order valence-corrected chi connectivity index (χ3v) is 3.28. The molecule has 0 fully saturated rings. The Bertz CT molecular complexity index is 781. The summed E-state index contributed by atoms with van der Waals surface area (Å²) in [4.78, 5) is 1.58. The number of nitrogen functional groups attached to an aromatic ring is 1. The van der Waals surface area contributed by atoms with Crippen molar-refractivity contribution >= 4 is 16.7 Å². The number of hydrogen-bond donors (Lipinski definition) is 1. The number of nitrogens with zero attached hydrogens (tertiary/aromatic N) is 3. The number of methoxy groups -OCH3 is 1. The van der Waals surface area contributed by atoms with Crippen LogP contribution in [0.25, 0.3) is 16.7 Å². The van der Waals surface area contributed by atoms with Gasteiger partial charge in [0.05, 0.1) is 25.1 Å². The molecule has 6 nitrogen and oxygen atoms in total. The van der Waals surface area contributed by atoms with E-state index < -0.39 is 0 Å². The molecule has 0 saturated heterocycles. The van der Waals surface area contributed by atoms with Crippen LogP contribution in [0.5, 0.6) is 11.5 Å². The molecule has 114 valence electrons. The number of anilines is 1. The third kappa shape index (κ3) is 2.67. The van der Waals surface area contributed by atoms with Crippen LogP contribution in [0.1, 0.15) is 13.3 Å². The smallest absolute Gasteiger partial charge is 0.144 e. The maximum absolute atomic E-state index is 5.99. The van der Waals surface area contributed by atoms with E-state index in [0.717, 1.165) is 28.9 Å². The number of aromatic nitrogens is 3. The second-order valence-electron chi connectivity index (χ2n) is 4.91. The highest BCUT2D eigenvalue weighted by Crippen LogP contribution is 2.27. The first-order valence-corrected chi connectivity index (χ1v) is 7.15. The van der Waals surface area contributed by atoms with Crippen LogP contribution in [0, 0.1) is 0 Å². The molecule has 0 bridgehead atoms. The molecular weight excluding hydrogens is 280 g/mol. The first-order chi connectivity index (χ1) is 10.7. The summed E-state index contributed by atoms with van der Waals surface area (Å²) in [5.74, 6) is 1.44. The fraction of sp³-hybridized carbons (Fsp3) is 0.250. The summed E-state index contributed by atoms with van der Waals surface area (Å²) in [7, 11) is 1.63. The Kier molecular flexibility index (Phi) is 3.82. The Morgan fingerprint density at radius 2 is 1.77 bits per heavy atom. The molecule has 3 aromatic rings. The van der Waals surface area contributed by atoms with Crippen LogP contribution in [-0.2, 0) is 0 Å². The molecule has 1 heterocycles. The minimum Gasteiger partial charge on any atom is -0.497 e. The molecule has 6 heteroatoms. The van der Waals surface area contributed by atoms with Gasteiger partial charge in [0.2, 0.25) is 0 Å². The van der Waals surface area contributed by atoms with Crippen LogP contribution < -0.4 is 15.2 Å². The van der Waals surface area contributed by atoms with Crippen molar-refractivity contribution in [3.63, 3.8) is 0 Å². The first-order valence-electron chi connectivity index (χ1n) is 7.15. The summed E-state index contributed by atoms with van der Waals surface area (Å²) < 4.78 is 10.8. The lowest BCUT2D eigenvalue weighted by molar-refractivity contribution is 0.319. The van der Waals surface area contributed by atoms with Crippen molar-refractivity contribution in [2.24, 2.45) is 0 Å². The second kappa shape index (κ2) is 5.93. The van der Waals surface area contributed by atoms with Crippen molar-refractivity contribution < 1.29 is 9.47 Å². The van der Waals surface area contributed by atoms with E-state index in [4.69, 9.17) is 15.2 Å². The molecule has 1 aromatic heterocycles. The lowest BCUT2D eigenvalue weighted by Gasteiger charge is -2.06. The van der Waals surface area contributed by atoms with Gasteiger partial charge in [0.1, 0.15) is 22.5 Å². The van der Waals surface area contributed by atoms with Gasteiger partial charge in [-0.2, -0.15) is 4.80 Å². The molecular formula is C16H18N4O2. The normalized spacial score (nSPS) is 10.8. The van der Waals surface area contributed by atoms with Gasteiger partial charge in [-0.15, -0.1) is 10.2 Å². The van der Waals surface area contributed by atoms with E-state index in [0.29, 0.717) is 18.0 Å². The molecule has 0 spiro atoms. The highest BCUT2D eigenvalue weighted by molar-refractivity contribution is 5.81. The first kappa shape index (κ1) is 14.2. The van der Waals surface area contributed by atoms with Crippen LogP contribution in [0.3, 0.4) is 0 Å². The number of fused-ring (bicyclic) bond motifs is 1. The highest BCUT2D eigenvalue weighted by Gasteiger charge is 2.09. The van der Waals surface area contributed by atoms with Gasteiger partial charge in [0.15, 0.2) is 0 Å². The van der Waals surface area contributed by atoms with Crippen LogP contribution in [0.4, 0.5) is 5.69 Å². The number of rotatable bonds is 5. The molecule has 0 unspecified atom stereocenters. The molecule has 22 heavy (non-hydrogen) atoms. The Balaban J connectivity index is 1.97. The van der Waals surface area contributed by atoms with Crippen molar-refractivity contribution in [3.05, 3.63) is 36.4 Å². The third-order valence-electron chi connectivity index (χ3n) is 3.28. The van der Waals surface area contributed by atoms with Gasteiger partial charge in [0.25, 0.3) is 0 Å². The van der Waals surface area contributed by atoms with E-state index >= 15 is 0 Å². The number of ether oxygens (including phenoxy) is 2. The number of nitrogens with two attached hydrogens (primary N) is 1. The standard InChI is InChI=1S/C16H18N4O2/c1-3-8-22-16-10-15-14(9-13(16)17)18-20(19-15)11-4-6-12(21-2)7-5-11/h4-7,9-10H,3,8,17H2,1-2H3. The molecule has 0 aliphatic rings. The van der Waals surface area contributed by atoms with E-state index in [2.05, 4.69) is 17.1 Å². The summed E-state index contributed by atoms with van der Waals surface area (Å²) in [6.45, 7) is 2.68. The van der Waals surface area contributed by atoms with E-state index in [1.165, 1.54) is 0 Å². The maximum Gasteiger partial charge on any atom is 0.144 e. The lowest BCUT2D eigenvalue weighted by Crippen LogP contribution is -1.98. The fourth-order valence-corrected chi connectivity index (χ4v) is 2.13. The average Bonchev–Trinajstić information content (AvgIpc) is 2.95. The zero-order valence-electron chi connectivity index (χ0n) is 12.6. The van der Waals surface area contributed by atoms with E-state index in [1.807, 2.05) is 30.3 Å². The predicted molar refractivity (Wildman–Crippen MR) is 85.6 cm³/mol. The summed E-state index contributed by atoms with van der Waals surface area (Å²) in [5.41, 5.74) is 8.90. The van der Waals surface area contributed by atoms with Crippen LogP contribution >= 0.6 is 0 Å². The molecule has 0 radical (unpaired) electrons. The minimum absolute atomic E-state index is 0.572. The van der Waals surface area contributed by atoms with Crippen molar-refractivity contribution in [2.45, 2.75) is 13.3 Å². The number of hydrogen-bond acceptors (Lipinski definition) is 5. The molecule has 2 aromatic carbocycles. The van der Waals surface area contributed by atoms with Crippen molar-refractivity contribution in [3.8, 4) is 17.2 Å². The Morgan fingerprint density at radius 3 is 2.41 bits per heavy atom. The average molecular weight is 298 g/mol. The molecule has 0 aliphatic carbocycles. The van der Waals surface area contributed by atoms with Crippen LogP contribution in [0.2, 0.25) is 0 Å². The topological polar surface area (TPSA) is 75.2 Å². The maximum atomic E-state index is 5.99.